The van der Waals surface area contributed by atoms with Crippen LogP contribution in [0.5, 0.6) is 0 Å². The second kappa shape index (κ2) is 11.4. The van der Waals surface area contributed by atoms with Crippen LogP contribution in [0.15, 0.2) is 60.7 Å². The fraction of sp³-hybridized carbons (Fsp3) is 0.200. The summed E-state index contributed by atoms with van der Waals surface area (Å²) in [6, 6.07) is 17.2. The van der Waals surface area contributed by atoms with Crippen LogP contribution in [0.3, 0.4) is 0 Å². The van der Waals surface area contributed by atoms with E-state index in [2.05, 4.69) is 17.4 Å². The van der Waals surface area contributed by atoms with Crippen LogP contribution in [0.4, 0.5) is 0 Å². The number of hydrogen-bond acceptors (Lipinski definition) is 4. The number of thioether (sulfide) groups is 1. The van der Waals surface area contributed by atoms with Gasteiger partial charge in [-0.3, -0.25) is 4.79 Å². The maximum atomic E-state index is 11.7. The first-order valence-electron chi connectivity index (χ1n) is 8.12. The normalized spacial score (nSPS) is 10.7. The standard InChI is InChI=1S/C20H20ClNO3S/c21-18-9-6-16(7-10-18)8-11-20(24)25-14-19(23)22-12-13-26-15-17-4-2-1-3-5-17/h1-11H,12-15H2,(H,22,23)/b11-8+. The smallest absolute Gasteiger partial charge is 0.331 e. The number of benzene rings is 2. The Morgan fingerprint density at radius 2 is 1.81 bits per heavy atom. The Morgan fingerprint density at radius 1 is 1.08 bits per heavy atom. The molecule has 136 valence electrons. The number of rotatable bonds is 9. The van der Waals surface area contributed by atoms with Crippen LogP contribution in [0.25, 0.3) is 6.08 Å². The largest absolute Gasteiger partial charge is 0.452 e. The van der Waals surface area contributed by atoms with Crippen molar-refractivity contribution in [1.29, 1.82) is 0 Å². The van der Waals surface area contributed by atoms with Crippen molar-refractivity contribution in [2.75, 3.05) is 18.9 Å². The van der Waals surface area contributed by atoms with Crippen LogP contribution >= 0.6 is 23.4 Å². The van der Waals surface area contributed by atoms with Gasteiger partial charge >= 0.3 is 5.97 Å². The van der Waals surface area contributed by atoms with Crippen molar-refractivity contribution < 1.29 is 14.3 Å². The molecular formula is C20H20ClNO3S. The molecular weight excluding hydrogens is 370 g/mol. The van der Waals surface area contributed by atoms with Crippen molar-refractivity contribution in [3.05, 3.63) is 76.8 Å². The van der Waals surface area contributed by atoms with Gasteiger partial charge in [0.25, 0.3) is 5.91 Å². The van der Waals surface area contributed by atoms with Crippen LogP contribution in [-0.2, 0) is 20.1 Å². The summed E-state index contributed by atoms with van der Waals surface area (Å²) in [7, 11) is 0. The highest BCUT2D eigenvalue weighted by Gasteiger charge is 2.04. The van der Waals surface area contributed by atoms with Gasteiger partial charge in [-0.25, -0.2) is 4.79 Å². The third-order valence-electron chi connectivity index (χ3n) is 3.31. The molecule has 2 aromatic rings. The zero-order chi connectivity index (χ0) is 18.6. The summed E-state index contributed by atoms with van der Waals surface area (Å²) >= 11 is 7.53. The topological polar surface area (TPSA) is 55.4 Å². The summed E-state index contributed by atoms with van der Waals surface area (Å²) < 4.78 is 4.90. The van der Waals surface area contributed by atoms with E-state index in [9.17, 15) is 9.59 Å². The van der Waals surface area contributed by atoms with Gasteiger partial charge in [-0.2, -0.15) is 11.8 Å². The van der Waals surface area contributed by atoms with Crippen molar-refractivity contribution in [2.24, 2.45) is 0 Å². The Labute approximate surface area is 162 Å². The van der Waals surface area contributed by atoms with Crippen molar-refractivity contribution >= 4 is 41.3 Å². The number of halogens is 1. The number of carbonyl (C=O) groups excluding carboxylic acids is 2. The summed E-state index contributed by atoms with van der Waals surface area (Å²) in [5, 5.41) is 3.36. The highest BCUT2D eigenvalue weighted by atomic mass is 35.5. The number of ether oxygens (including phenoxy) is 1. The van der Waals surface area contributed by atoms with E-state index in [0.717, 1.165) is 17.1 Å². The van der Waals surface area contributed by atoms with Gasteiger partial charge in [-0.05, 0) is 29.3 Å². The molecule has 0 heterocycles. The van der Waals surface area contributed by atoms with Crippen LogP contribution in [-0.4, -0.2) is 30.8 Å². The number of esters is 1. The van der Waals surface area contributed by atoms with Crippen molar-refractivity contribution in [2.45, 2.75) is 5.75 Å². The lowest BCUT2D eigenvalue weighted by Crippen LogP contribution is -2.30. The lowest BCUT2D eigenvalue weighted by Gasteiger charge is -2.05. The molecule has 0 saturated carbocycles. The van der Waals surface area contributed by atoms with Crippen molar-refractivity contribution in [1.82, 2.24) is 5.32 Å². The third-order valence-corrected chi connectivity index (χ3v) is 4.59. The van der Waals surface area contributed by atoms with E-state index in [1.165, 1.54) is 11.6 Å². The Bertz CT molecular complexity index is 732. The minimum atomic E-state index is -0.562. The molecule has 0 radical (unpaired) electrons. The van der Waals surface area contributed by atoms with Crippen LogP contribution < -0.4 is 5.32 Å². The summed E-state index contributed by atoms with van der Waals surface area (Å²) in [5.74, 6) is 0.832. The van der Waals surface area contributed by atoms with Gasteiger partial charge in [0.1, 0.15) is 0 Å². The van der Waals surface area contributed by atoms with E-state index in [0.29, 0.717) is 11.6 Å². The molecule has 0 aliphatic rings. The number of carbonyl (C=O) groups is 2. The predicted molar refractivity (Wildman–Crippen MR) is 107 cm³/mol. The zero-order valence-electron chi connectivity index (χ0n) is 14.2. The lowest BCUT2D eigenvalue weighted by molar-refractivity contribution is -0.143. The Morgan fingerprint density at radius 3 is 2.54 bits per heavy atom. The molecule has 26 heavy (non-hydrogen) atoms. The van der Waals surface area contributed by atoms with E-state index >= 15 is 0 Å². The minimum absolute atomic E-state index is 0.285. The predicted octanol–water partition coefficient (Wildman–Crippen LogP) is 3.95. The average Bonchev–Trinajstić information content (AvgIpc) is 2.66. The van der Waals surface area contributed by atoms with E-state index in [1.807, 2.05) is 18.2 Å². The SMILES string of the molecule is O=C(COC(=O)/C=C/c1ccc(Cl)cc1)NCCSCc1ccccc1. The third kappa shape index (κ3) is 8.23. The van der Waals surface area contributed by atoms with Gasteiger partial charge in [-0.1, -0.05) is 54.1 Å². The molecule has 0 aliphatic carbocycles. The van der Waals surface area contributed by atoms with Gasteiger partial charge in [0, 0.05) is 29.1 Å². The molecule has 2 aromatic carbocycles. The molecule has 4 nitrogen and oxygen atoms in total. The summed E-state index contributed by atoms with van der Waals surface area (Å²) in [6.45, 7) is 0.252. The molecule has 1 amide bonds. The average molecular weight is 390 g/mol. The molecule has 0 aliphatic heterocycles. The van der Waals surface area contributed by atoms with E-state index in [-0.39, 0.29) is 12.5 Å². The molecule has 0 saturated heterocycles. The van der Waals surface area contributed by atoms with Gasteiger partial charge in [0.05, 0.1) is 0 Å². The lowest BCUT2D eigenvalue weighted by atomic mass is 10.2. The first-order chi connectivity index (χ1) is 12.6. The van der Waals surface area contributed by atoms with Crippen LogP contribution in [0.1, 0.15) is 11.1 Å². The summed E-state index contributed by atoms with van der Waals surface area (Å²) in [6.07, 6.45) is 2.89. The molecule has 6 heteroatoms. The molecule has 0 unspecified atom stereocenters. The molecule has 1 N–H and O–H groups in total. The monoisotopic (exact) mass is 389 g/mol. The van der Waals surface area contributed by atoms with E-state index in [1.54, 1.807) is 42.1 Å². The number of amides is 1. The van der Waals surface area contributed by atoms with E-state index < -0.39 is 5.97 Å². The molecule has 0 aromatic heterocycles. The molecule has 0 fully saturated rings. The second-order valence-corrected chi connectivity index (χ2v) is 6.92. The number of nitrogens with one attached hydrogen (secondary N) is 1. The first kappa shape index (κ1) is 20.1. The van der Waals surface area contributed by atoms with Crippen molar-refractivity contribution in [3.8, 4) is 0 Å². The fourth-order valence-corrected chi connectivity index (χ4v) is 2.95. The van der Waals surface area contributed by atoms with Crippen molar-refractivity contribution in [3.63, 3.8) is 0 Å². The van der Waals surface area contributed by atoms with Gasteiger partial charge < -0.3 is 10.1 Å². The zero-order valence-corrected chi connectivity index (χ0v) is 15.8. The van der Waals surface area contributed by atoms with Crippen LogP contribution in [0.2, 0.25) is 5.02 Å². The fourth-order valence-electron chi connectivity index (χ4n) is 2.00. The highest BCUT2D eigenvalue weighted by Crippen LogP contribution is 2.11. The Balaban J connectivity index is 1.56. The maximum Gasteiger partial charge on any atom is 0.331 e. The molecule has 0 bridgehead atoms. The first-order valence-corrected chi connectivity index (χ1v) is 9.65. The van der Waals surface area contributed by atoms with E-state index in [4.69, 9.17) is 16.3 Å². The van der Waals surface area contributed by atoms with Gasteiger partial charge in [0.15, 0.2) is 6.61 Å². The van der Waals surface area contributed by atoms with Crippen LogP contribution in [0, 0.1) is 0 Å². The minimum Gasteiger partial charge on any atom is -0.452 e. The quantitative estimate of drug-likeness (QED) is 0.401. The Hall–Kier alpha value is -2.24. The summed E-state index contributed by atoms with van der Waals surface area (Å²) in [5.41, 5.74) is 2.08. The highest BCUT2D eigenvalue weighted by molar-refractivity contribution is 7.98. The Kier molecular flexibility index (Phi) is 8.79. The van der Waals surface area contributed by atoms with Gasteiger partial charge in [-0.15, -0.1) is 0 Å². The molecule has 0 atom stereocenters. The molecule has 0 spiro atoms. The molecule has 2 rings (SSSR count). The van der Waals surface area contributed by atoms with Gasteiger partial charge in [0.2, 0.25) is 0 Å². The number of hydrogen-bond donors (Lipinski definition) is 1. The maximum absolute atomic E-state index is 11.7. The summed E-state index contributed by atoms with van der Waals surface area (Å²) in [4.78, 5) is 23.3. The second-order valence-electron chi connectivity index (χ2n) is 5.38.